The lowest BCUT2D eigenvalue weighted by Crippen LogP contribution is -2.34. The van der Waals surface area contributed by atoms with E-state index in [1.807, 2.05) is 6.92 Å². The van der Waals surface area contributed by atoms with Gasteiger partial charge in [-0.3, -0.25) is 19.5 Å². The predicted octanol–water partition coefficient (Wildman–Crippen LogP) is 4.39. The highest BCUT2D eigenvalue weighted by Gasteiger charge is 2.30. The van der Waals surface area contributed by atoms with Gasteiger partial charge in [0, 0.05) is 10.8 Å². The van der Waals surface area contributed by atoms with Gasteiger partial charge in [-0.15, -0.1) is 11.3 Å². The van der Waals surface area contributed by atoms with Crippen LogP contribution < -0.4 is 10.5 Å². The Morgan fingerprint density at radius 3 is 2.64 bits per heavy atom. The molecule has 6 nitrogen and oxygen atoms in total. The van der Waals surface area contributed by atoms with Gasteiger partial charge < -0.3 is 4.98 Å². The molecule has 1 amide bonds. The van der Waals surface area contributed by atoms with Crippen molar-refractivity contribution in [3.63, 3.8) is 0 Å². The number of benzene rings is 1. The maximum absolute atomic E-state index is 13.6. The number of thioether (sulfide) groups is 1. The fourth-order valence-electron chi connectivity index (χ4n) is 3.04. The molecule has 2 aromatic heterocycles. The highest BCUT2D eigenvalue weighted by Crippen LogP contribution is 2.33. The van der Waals surface area contributed by atoms with Crippen LogP contribution in [0.5, 0.6) is 0 Å². The number of hydrogen-bond acceptors (Lipinski definition) is 6. The number of aromatic amines is 1. The number of thiophene rings is 1. The van der Waals surface area contributed by atoms with E-state index < -0.39 is 0 Å². The van der Waals surface area contributed by atoms with Crippen LogP contribution in [0.25, 0.3) is 10.2 Å². The van der Waals surface area contributed by atoms with Crippen LogP contribution in [0.4, 0.5) is 5.69 Å². The quantitative estimate of drug-likeness (QED) is 0.651. The SMILES string of the molecule is Cc1nc2sc(C(=O)N(C3=N[C@H](C)CS3)c3ccc(Cl)cc3)c(C)c2c(=O)[nH]1. The first kappa shape index (κ1) is 19.2. The van der Waals surface area contributed by atoms with E-state index in [0.29, 0.717) is 42.4 Å². The number of halogens is 1. The lowest BCUT2D eigenvalue weighted by Gasteiger charge is -2.22. The Morgan fingerprint density at radius 2 is 2.00 bits per heavy atom. The van der Waals surface area contributed by atoms with E-state index >= 15 is 0 Å². The summed E-state index contributed by atoms with van der Waals surface area (Å²) >= 11 is 8.80. The van der Waals surface area contributed by atoms with Gasteiger partial charge in [0.25, 0.3) is 11.5 Å². The number of carbonyl (C=O) groups excluding carboxylic acids is 1. The van der Waals surface area contributed by atoms with Gasteiger partial charge in [0.2, 0.25) is 0 Å². The summed E-state index contributed by atoms with van der Waals surface area (Å²) in [6, 6.07) is 7.22. The minimum atomic E-state index is -0.227. The van der Waals surface area contributed by atoms with E-state index in [2.05, 4.69) is 15.0 Å². The number of amidine groups is 1. The zero-order valence-electron chi connectivity index (χ0n) is 15.4. The first-order chi connectivity index (χ1) is 13.3. The summed E-state index contributed by atoms with van der Waals surface area (Å²) in [6.45, 7) is 5.52. The van der Waals surface area contributed by atoms with Crippen LogP contribution >= 0.6 is 34.7 Å². The smallest absolute Gasteiger partial charge is 0.274 e. The third kappa shape index (κ3) is 3.36. The molecule has 0 bridgehead atoms. The third-order valence-corrected chi connectivity index (χ3v) is 7.00. The van der Waals surface area contributed by atoms with Gasteiger partial charge in [0.1, 0.15) is 10.7 Å². The number of aromatic nitrogens is 2. The molecule has 1 atom stereocenters. The molecule has 4 rings (SSSR count). The molecular weight excluding hydrogens is 416 g/mol. The maximum atomic E-state index is 13.6. The predicted molar refractivity (Wildman–Crippen MR) is 117 cm³/mol. The largest absolute Gasteiger partial charge is 0.310 e. The summed E-state index contributed by atoms with van der Waals surface area (Å²) in [5.74, 6) is 1.12. The molecule has 0 fully saturated rings. The highest BCUT2D eigenvalue weighted by molar-refractivity contribution is 8.14. The van der Waals surface area contributed by atoms with Crippen molar-refractivity contribution in [1.29, 1.82) is 0 Å². The van der Waals surface area contributed by atoms with Gasteiger partial charge in [-0.1, -0.05) is 23.4 Å². The Kier molecular flexibility index (Phi) is 5.03. The standard InChI is InChI=1S/C19H17ClN4O2S2/c1-9-8-27-19(21-9)24(13-6-4-12(20)5-7-13)18(26)15-10(2)14-16(25)22-11(3)23-17(14)28-15/h4-7,9H,8H2,1-3H3,(H,22,23,25)/t9-/m1/s1. The number of rotatable bonds is 2. The van der Waals surface area contributed by atoms with Crippen molar-refractivity contribution in [2.24, 2.45) is 4.99 Å². The molecule has 1 N–H and O–H groups in total. The van der Waals surface area contributed by atoms with Gasteiger partial charge in [0.05, 0.1) is 22.0 Å². The summed E-state index contributed by atoms with van der Waals surface area (Å²) in [6.07, 6.45) is 0. The number of fused-ring (bicyclic) bond motifs is 1. The van der Waals surface area contributed by atoms with E-state index in [1.54, 1.807) is 54.8 Å². The molecule has 3 aromatic rings. The van der Waals surface area contributed by atoms with Crippen molar-refractivity contribution in [2.45, 2.75) is 26.8 Å². The fraction of sp³-hybridized carbons (Fsp3) is 0.263. The molecule has 0 aliphatic carbocycles. The molecule has 0 radical (unpaired) electrons. The number of aryl methyl sites for hydroxylation is 2. The Balaban J connectivity index is 1.86. The van der Waals surface area contributed by atoms with Crippen LogP contribution in [0.2, 0.25) is 5.02 Å². The fourth-order valence-corrected chi connectivity index (χ4v) is 5.36. The minimum Gasteiger partial charge on any atom is -0.310 e. The molecule has 9 heteroatoms. The Labute approximate surface area is 174 Å². The first-order valence-corrected chi connectivity index (χ1v) is 10.8. The monoisotopic (exact) mass is 432 g/mol. The highest BCUT2D eigenvalue weighted by atomic mass is 35.5. The van der Waals surface area contributed by atoms with Crippen LogP contribution in [-0.2, 0) is 0 Å². The lowest BCUT2D eigenvalue weighted by atomic mass is 10.2. The van der Waals surface area contributed by atoms with E-state index in [4.69, 9.17) is 11.6 Å². The van der Waals surface area contributed by atoms with E-state index in [1.165, 1.54) is 11.3 Å². The van der Waals surface area contributed by atoms with Crippen molar-refractivity contribution < 1.29 is 4.79 Å². The number of carbonyl (C=O) groups is 1. The molecule has 28 heavy (non-hydrogen) atoms. The van der Waals surface area contributed by atoms with Crippen LogP contribution in [0.1, 0.15) is 28.0 Å². The second kappa shape index (κ2) is 7.35. The molecule has 144 valence electrons. The average Bonchev–Trinajstić information content (AvgIpc) is 3.20. The van der Waals surface area contributed by atoms with Gasteiger partial charge in [-0.05, 0) is 50.6 Å². The van der Waals surface area contributed by atoms with Gasteiger partial charge >= 0.3 is 0 Å². The number of anilines is 1. The molecule has 0 saturated carbocycles. The summed E-state index contributed by atoms with van der Waals surface area (Å²) in [5, 5.41) is 1.70. The second-order valence-electron chi connectivity index (χ2n) is 6.58. The van der Waals surface area contributed by atoms with Crippen LogP contribution in [-0.4, -0.2) is 32.8 Å². The van der Waals surface area contributed by atoms with Gasteiger partial charge in [-0.25, -0.2) is 4.98 Å². The molecule has 1 aliphatic heterocycles. The number of hydrogen-bond donors (Lipinski definition) is 1. The Bertz CT molecular complexity index is 1170. The molecular formula is C19H17ClN4O2S2. The van der Waals surface area contributed by atoms with Gasteiger partial charge in [-0.2, -0.15) is 0 Å². The topological polar surface area (TPSA) is 78.4 Å². The lowest BCUT2D eigenvalue weighted by molar-refractivity contribution is 0.101. The minimum absolute atomic E-state index is 0.137. The van der Waals surface area contributed by atoms with Crippen molar-refractivity contribution >= 4 is 61.7 Å². The normalized spacial score (nSPS) is 16.4. The van der Waals surface area contributed by atoms with Crippen LogP contribution in [0.3, 0.4) is 0 Å². The number of aliphatic imine (C=N–C) groups is 1. The second-order valence-corrected chi connectivity index (χ2v) is 9.00. The summed E-state index contributed by atoms with van der Waals surface area (Å²) in [4.78, 5) is 40.3. The van der Waals surface area contributed by atoms with Crippen molar-refractivity contribution in [3.8, 4) is 0 Å². The summed E-state index contributed by atoms with van der Waals surface area (Å²) in [5.41, 5.74) is 1.09. The summed E-state index contributed by atoms with van der Waals surface area (Å²) < 4.78 is 0. The first-order valence-electron chi connectivity index (χ1n) is 8.66. The van der Waals surface area contributed by atoms with Crippen molar-refractivity contribution in [1.82, 2.24) is 9.97 Å². The van der Waals surface area contributed by atoms with Crippen molar-refractivity contribution in [2.75, 3.05) is 10.7 Å². The molecule has 3 heterocycles. The zero-order chi connectivity index (χ0) is 20.0. The van der Waals surface area contributed by atoms with Crippen LogP contribution in [0.15, 0.2) is 34.1 Å². The molecule has 1 aromatic carbocycles. The van der Waals surface area contributed by atoms with E-state index in [0.717, 1.165) is 5.75 Å². The summed E-state index contributed by atoms with van der Waals surface area (Å²) in [7, 11) is 0. The third-order valence-electron chi connectivity index (χ3n) is 4.38. The molecule has 0 saturated heterocycles. The number of H-pyrrole nitrogens is 1. The van der Waals surface area contributed by atoms with E-state index in [9.17, 15) is 9.59 Å². The Morgan fingerprint density at radius 1 is 1.29 bits per heavy atom. The van der Waals surface area contributed by atoms with Crippen LogP contribution in [0, 0.1) is 13.8 Å². The average molecular weight is 433 g/mol. The molecule has 0 spiro atoms. The number of nitrogens with one attached hydrogen (secondary N) is 1. The van der Waals surface area contributed by atoms with E-state index in [-0.39, 0.29) is 17.5 Å². The Hall–Kier alpha value is -2.16. The molecule has 0 unspecified atom stereocenters. The maximum Gasteiger partial charge on any atom is 0.274 e. The number of nitrogens with zero attached hydrogens (tertiary/aromatic N) is 3. The number of amides is 1. The molecule has 1 aliphatic rings. The van der Waals surface area contributed by atoms with Gasteiger partial charge in [0.15, 0.2) is 5.17 Å². The zero-order valence-corrected chi connectivity index (χ0v) is 17.8. The van der Waals surface area contributed by atoms with Crippen molar-refractivity contribution in [3.05, 3.63) is 55.9 Å².